The number of thiophene rings is 1. The highest BCUT2D eigenvalue weighted by atomic mass is 32.1. The predicted molar refractivity (Wildman–Crippen MR) is 136 cm³/mol. The van der Waals surface area contributed by atoms with Gasteiger partial charge in [-0.1, -0.05) is 54.6 Å². The van der Waals surface area contributed by atoms with Crippen molar-refractivity contribution in [1.29, 1.82) is 0 Å². The first-order valence-electron chi connectivity index (χ1n) is 10.8. The van der Waals surface area contributed by atoms with Crippen LogP contribution in [0, 0.1) is 0 Å². The Labute approximate surface area is 202 Å². The van der Waals surface area contributed by atoms with Gasteiger partial charge in [0.1, 0.15) is 30.1 Å². The van der Waals surface area contributed by atoms with Crippen LogP contribution in [0.3, 0.4) is 0 Å². The Morgan fingerprint density at radius 2 is 1.50 bits per heavy atom. The molecule has 0 saturated heterocycles. The Hall–Kier alpha value is -4.09. The number of fused-ring (bicyclic) bond motifs is 1. The van der Waals surface area contributed by atoms with Crippen molar-refractivity contribution in [2.75, 3.05) is 7.11 Å². The van der Waals surface area contributed by atoms with Gasteiger partial charge in [0.25, 0.3) is 0 Å². The second-order valence-electron chi connectivity index (χ2n) is 7.71. The van der Waals surface area contributed by atoms with E-state index in [4.69, 9.17) is 14.2 Å². The molecule has 5 rings (SSSR count). The first-order chi connectivity index (χ1) is 16.7. The molecular formula is C29H22O4S. The van der Waals surface area contributed by atoms with Gasteiger partial charge in [0.15, 0.2) is 5.75 Å². The lowest BCUT2D eigenvalue weighted by Gasteiger charge is -2.10. The van der Waals surface area contributed by atoms with E-state index in [2.05, 4.69) is 0 Å². The first kappa shape index (κ1) is 21.7. The van der Waals surface area contributed by atoms with Crippen LogP contribution in [0.4, 0.5) is 0 Å². The topological polar surface area (TPSA) is 44.8 Å². The van der Waals surface area contributed by atoms with Crippen molar-refractivity contribution in [3.05, 3.63) is 108 Å². The summed E-state index contributed by atoms with van der Waals surface area (Å²) in [5, 5.41) is 1.00. The molecule has 1 heterocycles. The molecule has 5 heteroatoms. The van der Waals surface area contributed by atoms with Crippen LogP contribution < -0.4 is 14.2 Å². The normalized spacial score (nSPS) is 10.7. The Morgan fingerprint density at radius 3 is 2.21 bits per heavy atom. The Kier molecular flexibility index (Phi) is 6.27. The van der Waals surface area contributed by atoms with Crippen LogP contribution in [0.5, 0.6) is 23.0 Å². The fraction of sp³-hybridized carbons (Fsp3) is 0.0690. The summed E-state index contributed by atoms with van der Waals surface area (Å²) in [6.07, 6.45) is 0.846. The molecule has 0 bridgehead atoms. The van der Waals surface area contributed by atoms with Gasteiger partial charge in [-0.05, 0) is 53.6 Å². The van der Waals surface area contributed by atoms with E-state index in [1.54, 1.807) is 18.4 Å². The van der Waals surface area contributed by atoms with E-state index in [1.807, 2.05) is 97.1 Å². The van der Waals surface area contributed by atoms with E-state index in [0.717, 1.165) is 49.6 Å². The molecule has 0 radical (unpaired) electrons. The van der Waals surface area contributed by atoms with Crippen LogP contribution in [0.25, 0.3) is 20.5 Å². The molecule has 0 spiro atoms. The predicted octanol–water partition coefficient (Wildman–Crippen LogP) is 7.76. The largest absolute Gasteiger partial charge is 0.497 e. The monoisotopic (exact) mass is 466 g/mol. The van der Waals surface area contributed by atoms with Gasteiger partial charge in [-0.2, -0.15) is 0 Å². The van der Waals surface area contributed by atoms with Crippen molar-refractivity contribution >= 4 is 27.7 Å². The van der Waals surface area contributed by atoms with Crippen molar-refractivity contribution in [1.82, 2.24) is 0 Å². The van der Waals surface area contributed by atoms with E-state index in [9.17, 15) is 4.79 Å². The zero-order chi connectivity index (χ0) is 23.3. The lowest BCUT2D eigenvalue weighted by atomic mass is 10.1. The summed E-state index contributed by atoms with van der Waals surface area (Å²) in [4.78, 5) is 12.1. The van der Waals surface area contributed by atoms with Crippen molar-refractivity contribution in [2.45, 2.75) is 6.61 Å². The number of ether oxygens (including phenoxy) is 3. The number of carbonyl (C=O) groups is 1. The molecule has 0 atom stereocenters. The molecule has 168 valence electrons. The molecule has 4 aromatic carbocycles. The maximum Gasteiger partial charge on any atom is 0.153 e. The summed E-state index contributed by atoms with van der Waals surface area (Å²) >= 11 is 1.63. The van der Waals surface area contributed by atoms with Crippen LogP contribution in [-0.2, 0) is 6.61 Å². The highest BCUT2D eigenvalue weighted by molar-refractivity contribution is 7.22. The fourth-order valence-corrected chi connectivity index (χ4v) is 4.81. The number of hydrogen-bond acceptors (Lipinski definition) is 5. The van der Waals surface area contributed by atoms with E-state index >= 15 is 0 Å². The molecule has 4 nitrogen and oxygen atoms in total. The zero-order valence-corrected chi connectivity index (χ0v) is 19.4. The highest BCUT2D eigenvalue weighted by Crippen LogP contribution is 2.47. The van der Waals surface area contributed by atoms with E-state index < -0.39 is 0 Å². The summed E-state index contributed by atoms with van der Waals surface area (Å²) in [6.45, 7) is 0.513. The lowest BCUT2D eigenvalue weighted by Crippen LogP contribution is -1.94. The standard InChI is InChI=1S/C29H22O4S/c1-31-25-15-16-26-27(17-25)34-29(22-9-7-20(18-30)8-10-22)28(26)33-24-13-11-23(12-14-24)32-19-21-5-3-2-4-6-21/h2-18H,19H2,1H3. The van der Waals surface area contributed by atoms with Gasteiger partial charge in [0.2, 0.25) is 0 Å². The molecule has 0 amide bonds. The molecular weight excluding hydrogens is 444 g/mol. The van der Waals surface area contributed by atoms with Crippen LogP contribution in [0.15, 0.2) is 97.1 Å². The Balaban J connectivity index is 1.44. The SMILES string of the molecule is COc1ccc2c(Oc3ccc(OCc4ccccc4)cc3)c(-c3ccc(C=O)cc3)sc2c1. The molecule has 0 fully saturated rings. The van der Waals surface area contributed by atoms with Gasteiger partial charge in [0.05, 0.1) is 12.0 Å². The van der Waals surface area contributed by atoms with Crippen molar-refractivity contribution in [3.8, 4) is 33.4 Å². The lowest BCUT2D eigenvalue weighted by molar-refractivity contribution is 0.112. The van der Waals surface area contributed by atoms with Crippen LogP contribution in [0.1, 0.15) is 15.9 Å². The maximum atomic E-state index is 11.1. The van der Waals surface area contributed by atoms with Gasteiger partial charge in [-0.15, -0.1) is 11.3 Å². The van der Waals surface area contributed by atoms with E-state index in [0.29, 0.717) is 17.9 Å². The first-order valence-corrected chi connectivity index (χ1v) is 11.7. The second kappa shape index (κ2) is 9.81. The second-order valence-corrected chi connectivity index (χ2v) is 8.76. The minimum absolute atomic E-state index is 0.513. The smallest absolute Gasteiger partial charge is 0.153 e. The van der Waals surface area contributed by atoms with Gasteiger partial charge in [-0.25, -0.2) is 0 Å². The molecule has 34 heavy (non-hydrogen) atoms. The minimum Gasteiger partial charge on any atom is -0.497 e. The number of benzene rings is 4. The number of hydrogen-bond donors (Lipinski definition) is 0. The molecule has 0 saturated carbocycles. The summed E-state index contributed by atoms with van der Waals surface area (Å²) in [5.41, 5.74) is 2.75. The number of methoxy groups -OCH3 is 1. The zero-order valence-electron chi connectivity index (χ0n) is 18.6. The van der Waals surface area contributed by atoms with Crippen LogP contribution in [0.2, 0.25) is 0 Å². The fourth-order valence-electron chi connectivity index (χ4n) is 3.65. The van der Waals surface area contributed by atoms with Crippen LogP contribution >= 0.6 is 11.3 Å². The molecule has 0 aliphatic carbocycles. The third kappa shape index (κ3) is 4.65. The van der Waals surface area contributed by atoms with E-state index in [-0.39, 0.29) is 0 Å². The molecule has 0 aliphatic heterocycles. The Morgan fingerprint density at radius 1 is 0.794 bits per heavy atom. The minimum atomic E-state index is 0.513. The van der Waals surface area contributed by atoms with Crippen LogP contribution in [-0.4, -0.2) is 13.4 Å². The highest BCUT2D eigenvalue weighted by Gasteiger charge is 2.17. The third-order valence-electron chi connectivity index (χ3n) is 5.45. The van der Waals surface area contributed by atoms with Gasteiger partial charge < -0.3 is 14.2 Å². The van der Waals surface area contributed by atoms with Gasteiger partial charge >= 0.3 is 0 Å². The quantitative estimate of drug-likeness (QED) is 0.219. The summed E-state index contributed by atoms with van der Waals surface area (Å²) < 4.78 is 18.8. The number of aldehydes is 1. The van der Waals surface area contributed by atoms with Crippen molar-refractivity contribution in [3.63, 3.8) is 0 Å². The third-order valence-corrected chi connectivity index (χ3v) is 6.64. The Bertz CT molecular complexity index is 1410. The average Bonchev–Trinajstić information content (AvgIpc) is 3.26. The molecule has 5 aromatic rings. The number of carbonyl (C=O) groups excluding carboxylic acids is 1. The molecule has 1 aromatic heterocycles. The van der Waals surface area contributed by atoms with Gasteiger partial charge in [-0.3, -0.25) is 4.79 Å². The summed E-state index contributed by atoms with van der Waals surface area (Å²) in [6, 6.07) is 31.2. The molecule has 0 unspecified atom stereocenters. The summed E-state index contributed by atoms with van der Waals surface area (Å²) in [5.74, 6) is 3.07. The van der Waals surface area contributed by atoms with Gasteiger partial charge in [0, 0.05) is 15.6 Å². The summed E-state index contributed by atoms with van der Waals surface area (Å²) in [7, 11) is 1.66. The molecule has 0 N–H and O–H groups in total. The average molecular weight is 467 g/mol. The van der Waals surface area contributed by atoms with E-state index in [1.165, 1.54) is 0 Å². The number of rotatable bonds is 8. The molecule has 0 aliphatic rings. The van der Waals surface area contributed by atoms with Crippen molar-refractivity contribution in [2.24, 2.45) is 0 Å². The maximum absolute atomic E-state index is 11.1. The van der Waals surface area contributed by atoms with Crippen molar-refractivity contribution < 1.29 is 19.0 Å².